The highest BCUT2D eigenvalue weighted by atomic mass is 35.5. The smallest absolute Gasteiger partial charge is 0.302 e. The van der Waals surface area contributed by atoms with Crippen molar-refractivity contribution in [2.75, 3.05) is 0 Å². The van der Waals surface area contributed by atoms with Crippen LogP contribution in [0.15, 0.2) is 12.5 Å². The van der Waals surface area contributed by atoms with Crippen molar-refractivity contribution in [2.45, 2.75) is 45.1 Å². The Morgan fingerprint density at radius 1 is 1.48 bits per heavy atom. The fourth-order valence-corrected chi connectivity index (χ4v) is 3.50. The monoisotopic (exact) mass is 307 g/mol. The Labute approximate surface area is 128 Å². The van der Waals surface area contributed by atoms with Gasteiger partial charge < -0.3 is 9.72 Å². The third-order valence-corrected chi connectivity index (χ3v) is 4.63. The largest absolute Gasteiger partial charge is 0.462 e. The number of nitrogens with zero attached hydrogens (tertiary/aromatic N) is 2. The normalized spacial score (nSPS) is 25.4. The number of hydrogen-bond donors (Lipinski definition) is 1. The summed E-state index contributed by atoms with van der Waals surface area (Å²) in [4.78, 5) is 22.8. The third-order valence-electron chi connectivity index (χ3n) is 4.34. The van der Waals surface area contributed by atoms with Crippen molar-refractivity contribution >= 4 is 28.6 Å². The maximum Gasteiger partial charge on any atom is 0.302 e. The second kappa shape index (κ2) is 5.64. The van der Waals surface area contributed by atoms with Gasteiger partial charge in [-0.05, 0) is 18.8 Å². The number of ether oxygens (including phenoxy) is 1. The van der Waals surface area contributed by atoms with Crippen LogP contribution in [0.1, 0.15) is 44.6 Å². The Kier molecular flexibility index (Phi) is 3.85. The molecule has 3 rings (SSSR count). The van der Waals surface area contributed by atoms with E-state index < -0.39 is 0 Å². The number of halogens is 1. The molecule has 0 saturated heterocycles. The van der Waals surface area contributed by atoms with E-state index in [0.29, 0.717) is 11.1 Å². The summed E-state index contributed by atoms with van der Waals surface area (Å²) >= 11 is 6.09. The summed E-state index contributed by atoms with van der Waals surface area (Å²) in [6.45, 7) is 3.64. The number of esters is 1. The lowest BCUT2D eigenvalue weighted by atomic mass is 9.96. The minimum absolute atomic E-state index is 0.0832. The van der Waals surface area contributed by atoms with Crippen molar-refractivity contribution < 1.29 is 9.53 Å². The Bertz CT molecular complexity index is 670. The number of fused-ring (bicyclic) bond motifs is 1. The van der Waals surface area contributed by atoms with Gasteiger partial charge in [-0.1, -0.05) is 24.9 Å². The van der Waals surface area contributed by atoms with Crippen LogP contribution in [-0.2, 0) is 9.53 Å². The van der Waals surface area contributed by atoms with Gasteiger partial charge in [0.15, 0.2) is 5.15 Å². The Balaban J connectivity index is 1.99. The predicted octanol–water partition coefficient (Wildman–Crippen LogP) is 3.45. The fraction of sp³-hybridized carbons (Fsp3) is 0.533. The molecule has 1 fully saturated rings. The molecule has 1 saturated carbocycles. The van der Waals surface area contributed by atoms with Crippen molar-refractivity contribution in [1.29, 1.82) is 0 Å². The van der Waals surface area contributed by atoms with Gasteiger partial charge in [0.25, 0.3) is 0 Å². The summed E-state index contributed by atoms with van der Waals surface area (Å²) in [5.41, 5.74) is 2.64. The summed E-state index contributed by atoms with van der Waals surface area (Å²) in [7, 11) is 0. The predicted molar refractivity (Wildman–Crippen MR) is 80.2 cm³/mol. The Hall–Kier alpha value is -1.62. The standard InChI is InChI=1S/C15H18ClN3O2/c1-3-9-4-10(12(5-9)21-8(2)20)11-6-17-14-13(11)18-7-19-15(14)16/h6-7,9-10,12,17H,3-5H2,1-2H3/t9-,10-,12+/m0/s1. The van der Waals surface area contributed by atoms with Crippen LogP contribution in [0.4, 0.5) is 0 Å². The van der Waals surface area contributed by atoms with Crippen LogP contribution in [-0.4, -0.2) is 27.0 Å². The van der Waals surface area contributed by atoms with Crippen LogP contribution in [0.2, 0.25) is 5.15 Å². The maximum atomic E-state index is 11.4. The zero-order valence-corrected chi connectivity index (χ0v) is 12.9. The number of carbonyl (C=O) groups excluding carboxylic acids is 1. The second-order valence-electron chi connectivity index (χ2n) is 5.63. The molecule has 0 spiro atoms. The molecule has 2 heterocycles. The number of aromatic nitrogens is 3. The first-order valence-corrected chi connectivity index (χ1v) is 7.62. The van der Waals surface area contributed by atoms with E-state index in [1.165, 1.54) is 13.3 Å². The minimum Gasteiger partial charge on any atom is -0.462 e. The molecule has 0 bridgehead atoms. The SMILES string of the molecule is CC[C@@H]1C[C@@H](OC(C)=O)[C@H](c2c[nH]c3c(Cl)ncnc23)C1. The zero-order valence-electron chi connectivity index (χ0n) is 12.1. The molecule has 2 aromatic rings. The molecule has 0 aromatic carbocycles. The van der Waals surface area contributed by atoms with E-state index >= 15 is 0 Å². The quantitative estimate of drug-likeness (QED) is 0.696. The summed E-state index contributed by atoms with van der Waals surface area (Å²) < 4.78 is 5.53. The molecule has 112 valence electrons. The average molecular weight is 308 g/mol. The van der Waals surface area contributed by atoms with Gasteiger partial charge in [-0.3, -0.25) is 4.79 Å². The van der Waals surface area contributed by atoms with Gasteiger partial charge in [0, 0.05) is 24.6 Å². The highest BCUT2D eigenvalue weighted by Gasteiger charge is 2.38. The lowest BCUT2D eigenvalue weighted by Crippen LogP contribution is -2.19. The maximum absolute atomic E-state index is 11.4. The summed E-state index contributed by atoms with van der Waals surface area (Å²) in [5.74, 6) is 0.509. The summed E-state index contributed by atoms with van der Waals surface area (Å²) in [5, 5.41) is 0.417. The molecule has 0 radical (unpaired) electrons. The lowest BCUT2D eigenvalue weighted by Gasteiger charge is -2.18. The molecule has 6 heteroatoms. The van der Waals surface area contributed by atoms with Gasteiger partial charge >= 0.3 is 5.97 Å². The van der Waals surface area contributed by atoms with Crippen molar-refractivity contribution in [3.63, 3.8) is 0 Å². The van der Waals surface area contributed by atoms with Crippen LogP contribution in [0.3, 0.4) is 0 Å². The number of carbonyl (C=O) groups is 1. The van der Waals surface area contributed by atoms with Gasteiger partial charge in [0.2, 0.25) is 0 Å². The summed E-state index contributed by atoms with van der Waals surface area (Å²) in [6.07, 6.45) is 6.31. The lowest BCUT2D eigenvalue weighted by molar-refractivity contribution is -0.146. The number of nitrogens with one attached hydrogen (secondary N) is 1. The Morgan fingerprint density at radius 2 is 2.29 bits per heavy atom. The first kappa shape index (κ1) is 14.3. The van der Waals surface area contributed by atoms with Crippen molar-refractivity contribution in [3.05, 3.63) is 23.2 Å². The van der Waals surface area contributed by atoms with Gasteiger partial charge in [-0.25, -0.2) is 9.97 Å². The molecule has 0 unspecified atom stereocenters. The van der Waals surface area contributed by atoms with E-state index in [0.717, 1.165) is 35.9 Å². The number of H-pyrrole nitrogens is 1. The average Bonchev–Trinajstić information content (AvgIpc) is 3.02. The van der Waals surface area contributed by atoms with Crippen molar-refractivity contribution in [2.24, 2.45) is 5.92 Å². The third kappa shape index (κ3) is 2.62. The minimum atomic E-state index is -0.228. The first-order chi connectivity index (χ1) is 10.1. The number of aromatic amines is 1. The van der Waals surface area contributed by atoms with Crippen LogP contribution in [0.5, 0.6) is 0 Å². The molecule has 21 heavy (non-hydrogen) atoms. The van der Waals surface area contributed by atoms with E-state index in [1.807, 2.05) is 6.20 Å². The molecule has 5 nitrogen and oxygen atoms in total. The molecule has 1 N–H and O–H groups in total. The van der Waals surface area contributed by atoms with E-state index in [2.05, 4.69) is 21.9 Å². The van der Waals surface area contributed by atoms with Crippen molar-refractivity contribution in [1.82, 2.24) is 15.0 Å². The fourth-order valence-electron chi connectivity index (χ4n) is 3.32. The van der Waals surface area contributed by atoms with E-state index in [9.17, 15) is 4.79 Å². The summed E-state index contributed by atoms with van der Waals surface area (Å²) in [6, 6.07) is 0. The molecule has 2 aromatic heterocycles. The number of rotatable bonds is 3. The molecular weight excluding hydrogens is 290 g/mol. The zero-order chi connectivity index (χ0) is 15.0. The van der Waals surface area contributed by atoms with Gasteiger partial charge in [-0.15, -0.1) is 0 Å². The van der Waals surface area contributed by atoms with E-state index in [1.54, 1.807) is 0 Å². The highest BCUT2D eigenvalue weighted by molar-refractivity contribution is 6.33. The Morgan fingerprint density at radius 3 is 3.00 bits per heavy atom. The second-order valence-corrected chi connectivity index (χ2v) is 5.99. The van der Waals surface area contributed by atoms with Gasteiger partial charge in [0.1, 0.15) is 17.9 Å². The van der Waals surface area contributed by atoms with Crippen LogP contribution in [0, 0.1) is 5.92 Å². The van der Waals surface area contributed by atoms with Crippen LogP contribution >= 0.6 is 11.6 Å². The van der Waals surface area contributed by atoms with Gasteiger partial charge in [0.05, 0.1) is 5.52 Å². The van der Waals surface area contributed by atoms with Crippen LogP contribution < -0.4 is 0 Å². The van der Waals surface area contributed by atoms with E-state index in [-0.39, 0.29) is 18.0 Å². The molecule has 0 amide bonds. The van der Waals surface area contributed by atoms with Crippen LogP contribution in [0.25, 0.3) is 11.0 Å². The molecule has 3 atom stereocenters. The number of hydrogen-bond acceptors (Lipinski definition) is 4. The molecule has 1 aliphatic carbocycles. The molecule has 0 aliphatic heterocycles. The highest BCUT2D eigenvalue weighted by Crippen LogP contribution is 2.43. The topological polar surface area (TPSA) is 67.9 Å². The molecule has 1 aliphatic rings. The first-order valence-electron chi connectivity index (χ1n) is 7.24. The molecular formula is C15H18ClN3O2. The van der Waals surface area contributed by atoms with Gasteiger partial charge in [-0.2, -0.15) is 0 Å². The van der Waals surface area contributed by atoms with Crippen molar-refractivity contribution in [3.8, 4) is 0 Å². The van der Waals surface area contributed by atoms with E-state index in [4.69, 9.17) is 16.3 Å².